The quantitative estimate of drug-likeness (QED) is 0.578. The summed E-state index contributed by atoms with van der Waals surface area (Å²) in [7, 11) is 5.54. The Morgan fingerprint density at radius 2 is 2.42 bits per heavy atom. The van der Waals surface area contributed by atoms with Crippen LogP contribution in [0.3, 0.4) is 0 Å². The molecule has 0 fully saturated rings. The lowest BCUT2D eigenvalue weighted by Crippen LogP contribution is -2.07. The van der Waals surface area contributed by atoms with Gasteiger partial charge in [-0.3, -0.25) is 4.79 Å². The van der Waals surface area contributed by atoms with Crippen molar-refractivity contribution in [3.8, 4) is 0 Å². The molecule has 0 spiro atoms. The number of aromatic amines is 1. The number of H-pyrrole nitrogens is 1. The van der Waals surface area contributed by atoms with E-state index in [1.165, 1.54) is 11.3 Å². The molecule has 0 aliphatic heterocycles. The lowest BCUT2D eigenvalue weighted by molar-refractivity contribution is 1.07. The summed E-state index contributed by atoms with van der Waals surface area (Å²) in [5.41, 5.74) is -0.120. The molecule has 1 N–H and O–H groups in total. The Balaban J connectivity index is 2.98. The predicted molar refractivity (Wildman–Crippen MR) is 50.4 cm³/mol. The summed E-state index contributed by atoms with van der Waals surface area (Å²) < 4.78 is 0.619. The van der Waals surface area contributed by atoms with Crippen molar-refractivity contribution < 1.29 is 0 Å². The van der Waals surface area contributed by atoms with E-state index in [1.54, 1.807) is 13.0 Å². The van der Waals surface area contributed by atoms with E-state index in [9.17, 15) is 4.79 Å². The Bertz CT molecular complexity index is 488. The molecule has 0 saturated heterocycles. The standard InChI is InChI=1S/C7H5BN2OS/c1-3-9-6(11)4-2-5(8)12-7(4)10-3/h2H,1H3,(H,9,10,11). The number of hydrogen-bond acceptors (Lipinski definition) is 3. The van der Waals surface area contributed by atoms with Crippen molar-refractivity contribution >= 4 is 34.2 Å². The highest BCUT2D eigenvalue weighted by molar-refractivity contribution is 7.25. The lowest BCUT2D eigenvalue weighted by atomic mass is 10.1. The van der Waals surface area contributed by atoms with Crippen LogP contribution in [0.15, 0.2) is 10.9 Å². The van der Waals surface area contributed by atoms with E-state index < -0.39 is 0 Å². The second kappa shape index (κ2) is 2.45. The number of fused-ring (bicyclic) bond motifs is 1. The molecule has 0 aliphatic rings. The maximum Gasteiger partial charge on any atom is 0.259 e. The van der Waals surface area contributed by atoms with E-state index in [2.05, 4.69) is 9.97 Å². The van der Waals surface area contributed by atoms with Gasteiger partial charge in [0.25, 0.3) is 5.56 Å². The van der Waals surface area contributed by atoms with Gasteiger partial charge in [-0.05, 0) is 17.8 Å². The van der Waals surface area contributed by atoms with Crippen molar-refractivity contribution in [3.63, 3.8) is 0 Å². The molecule has 0 aliphatic carbocycles. The van der Waals surface area contributed by atoms with Crippen LogP contribution in [0.5, 0.6) is 0 Å². The molecule has 0 amide bonds. The van der Waals surface area contributed by atoms with Crippen molar-refractivity contribution in [3.05, 3.63) is 22.2 Å². The molecule has 0 bridgehead atoms. The van der Waals surface area contributed by atoms with E-state index in [-0.39, 0.29) is 5.56 Å². The van der Waals surface area contributed by atoms with Crippen molar-refractivity contribution in [1.29, 1.82) is 0 Å². The molecule has 0 atom stereocenters. The zero-order valence-electron chi connectivity index (χ0n) is 6.42. The second-order valence-corrected chi connectivity index (χ2v) is 3.58. The van der Waals surface area contributed by atoms with Gasteiger partial charge in [-0.2, -0.15) is 0 Å². The molecule has 2 radical (unpaired) electrons. The van der Waals surface area contributed by atoms with Crippen LogP contribution >= 0.6 is 11.3 Å². The van der Waals surface area contributed by atoms with Crippen LogP contribution in [0.2, 0.25) is 0 Å². The minimum atomic E-state index is -0.120. The van der Waals surface area contributed by atoms with E-state index in [4.69, 9.17) is 7.85 Å². The van der Waals surface area contributed by atoms with Gasteiger partial charge in [-0.25, -0.2) is 4.98 Å². The Hall–Kier alpha value is -1.10. The van der Waals surface area contributed by atoms with E-state index in [1.807, 2.05) is 0 Å². The van der Waals surface area contributed by atoms with Crippen LogP contribution < -0.4 is 10.3 Å². The molecular weight excluding hydrogens is 171 g/mol. The zero-order valence-corrected chi connectivity index (χ0v) is 7.23. The van der Waals surface area contributed by atoms with Gasteiger partial charge in [0.1, 0.15) is 18.5 Å². The first-order valence-electron chi connectivity index (χ1n) is 3.43. The molecule has 2 aromatic rings. The molecule has 2 heterocycles. The smallest absolute Gasteiger partial charge is 0.259 e. The van der Waals surface area contributed by atoms with Crippen molar-refractivity contribution in [1.82, 2.24) is 9.97 Å². The Morgan fingerprint density at radius 3 is 3.17 bits per heavy atom. The SMILES string of the molecule is [B]c1cc2c(=O)[nH]c(C)nc2s1. The second-order valence-electron chi connectivity index (χ2n) is 2.52. The molecule has 2 rings (SSSR count). The number of nitrogens with one attached hydrogen (secondary N) is 1. The average molecular weight is 176 g/mol. The van der Waals surface area contributed by atoms with Crippen molar-refractivity contribution in [2.45, 2.75) is 6.92 Å². The minimum absolute atomic E-state index is 0.120. The first-order valence-corrected chi connectivity index (χ1v) is 4.24. The molecule has 12 heavy (non-hydrogen) atoms. The number of aromatic nitrogens is 2. The summed E-state index contributed by atoms with van der Waals surface area (Å²) >= 11 is 1.33. The molecule has 3 nitrogen and oxygen atoms in total. The maximum absolute atomic E-state index is 11.3. The summed E-state index contributed by atoms with van der Waals surface area (Å²) in [4.78, 5) is 18.7. The van der Waals surface area contributed by atoms with Gasteiger partial charge in [0.2, 0.25) is 0 Å². The number of hydrogen-bond donors (Lipinski definition) is 1. The van der Waals surface area contributed by atoms with Gasteiger partial charge >= 0.3 is 0 Å². The van der Waals surface area contributed by atoms with Crippen LogP contribution in [0, 0.1) is 6.92 Å². The fourth-order valence-corrected chi connectivity index (χ4v) is 1.90. The summed E-state index contributed by atoms with van der Waals surface area (Å²) in [6, 6.07) is 1.64. The van der Waals surface area contributed by atoms with Gasteiger partial charge in [0.15, 0.2) is 0 Å². The van der Waals surface area contributed by atoms with Crippen molar-refractivity contribution in [2.75, 3.05) is 0 Å². The fraction of sp³-hybridized carbons (Fsp3) is 0.143. The molecule has 2 aromatic heterocycles. The molecule has 0 unspecified atom stereocenters. The van der Waals surface area contributed by atoms with Gasteiger partial charge in [0, 0.05) is 0 Å². The van der Waals surface area contributed by atoms with E-state index in [0.717, 1.165) is 0 Å². The molecule has 0 saturated carbocycles. The van der Waals surface area contributed by atoms with Crippen LogP contribution in [0.4, 0.5) is 0 Å². The largest absolute Gasteiger partial charge is 0.310 e. The minimum Gasteiger partial charge on any atom is -0.310 e. The highest BCUT2D eigenvalue weighted by Crippen LogP contribution is 2.10. The summed E-state index contributed by atoms with van der Waals surface area (Å²) in [5, 5.41) is 0.572. The normalized spacial score (nSPS) is 10.8. The van der Waals surface area contributed by atoms with Crippen LogP contribution in [0.1, 0.15) is 5.82 Å². The van der Waals surface area contributed by atoms with E-state index >= 15 is 0 Å². The van der Waals surface area contributed by atoms with Gasteiger partial charge in [-0.15, -0.1) is 11.3 Å². The topological polar surface area (TPSA) is 45.8 Å². The molecule has 58 valence electrons. The zero-order chi connectivity index (χ0) is 8.72. The third-order valence-corrected chi connectivity index (χ3v) is 2.40. The summed E-state index contributed by atoms with van der Waals surface area (Å²) in [5.74, 6) is 0.620. The first-order chi connectivity index (χ1) is 5.66. The number of nitrogens with zero attached hydrogens (tertiary/aromatic N) is 1. The summed E-state index contributed by atoms with van der Waals surface area (Å²) in [6.45, 7) is 1.75. The molecule has 0 aromatic carbocycles. The monoisotopic (exact) mass is 176 g/mol. The van der Waals surface area contributed by atoms with Gasteiger partial charge in [-0.1, -0.05) is 0 Å². The van der Waals surface area contributed by atoms with Crippen molar-refractivity contribution in [2.24, 2.45) is 0 Å². The average Bonchev–Trinajstić information content (AvgIpc) is 2.29. The number of thiophene rings is 1. The highest BCUT2D eigenvalue weighted by Gasteiger charge is 2.03. The third kappa shape index (κ3) is 1.06. The van der Waals surface area contributed by atoms with Crippen LogP contribution in [-0.4, -0.2) is 17.8 Å². The predicted octanol–water partition coefficient (Wildman–Crippen LogP) is 0.0868. The lowest BCUT2D eigenvalue weighted by Gasteiger charge is -1.90. The Morgan fingerprint density at radius 1 is 1.67 bits per heavy atom. The first kappa shape index (κ1) is 7.55. The Labute approximate surface area is 73.9 Å². The highest BCUT2D eigenvalue weighted by atomic mass is 32.1. The van der Waals surface area contributed by atoms with Crippen LogP contribution in [0.25, 0.3) is 10.2 Å². The van der Waals surface area contributed by atoms with Crippen LogP contribution in [-0.2, 0) is 0 Å². The number of aryl methyl sites for hydroxylation is 1. The summed E-state index contributed by atoms with van der Waals surface area (Å²) in [6.07, 6.45) is 0. The van der Waals surface area contributed by atoms with Gasteiger partial charge < -0.3 is 4.98 Å². The maximum atomic E-state index is 11.3. The molecule has 5 heteroatoms. The number of rotatable bonds is 0. The Kier molecular flexibility index (Phi) is 1.54. The van der Waals surface area contributed by atoms with E-state index in [0.29, 0.717) is 20.8 Å². The molecular formula is C7H5BN2OS. The van der Waals surface area contributed by atoms with Gasteiger partial charge in [0.05, 0.1) is 5.39 Å². The fourth-order valence-electron chi connectivity index (χ4n) is 1.06. The third-order valence-electron chi connectivity index (χ3n) is 1.54.